The number of carboxylic acids is 1. The highest BCUT2D eigenvalue weighted by Gasteiger charge is 2.35. The Balaban J connectivity index is 2.03. The minimum absolute atomic E-state index is 0.00452. The Hall–Kier alpha value is -3.89. The number of carbonyl (C=O) groups is 2. The van der Waals surface area contributed by atoms with Gasteiger partial charge in [0, 0.05) is 17.7 Å². The number of aliphatic carboxylic acids is 1. The van der Waals surface area contributed by atoms with E-state index in [0.717, 1.165) is 12.3 Å². The lowest BCUT2D eigenvalue weighted by Gasteiger charge is -2.29. The molecule has 30 heavy (non-hydrogen) atoms. The van der Waals surface area contributed by atoms with Crippen molar-refractivity contribution in [3.63, 3.8) is 0 Å². The molecule has 0 fully saturated rings. The highest BCUT2D eigenvalue weighted by molar-refractivity contribution is 5.97. The monoisotopic (exact) mass is 417 g/mol. The molecule has 1 amide bonds. The number of nitrogens with zero attached hydrogens (tertiary/aromatic N) is 3. The molecule has 3 rings (SSSR count). The summed E-state index contributed by atoms with van der Waals surface area (Å²) in [5, 5.41) is 20.4. The molecule has 2 heterocycles. The molecule has 2 aromatic rings. The smallest absolute Gasteiger partial charge is 0.305 e. The molecule has 0 bridgehead atoms. The number of aromatic nitrogens is 1. The fraction of sp³-hybridized carbons (Fsp3) is 0.316. The number of carbonyl (C=O) groups excluding carboxylic acids is 1. The average molecular weight is 417 g/mol. The number of rotatable bonds is 7. The standard InChI is InChI=1S/C19H19N3O8/c1-28-14-4-3-11(16(7-14)29-2)9-21-13(6-17(23)24)10-30-18-15(19(21)25)5-12(8-20-18)22(26)27/h3-5,7-8,13H,6,9-10H2,1-2H3,(H,23,24)/t13-/m0/s1. The topological polar surface area (TPSA) is 141 Å². The van der Waals surface area contributed by atoms with Crippen molar-refractivity contribution in [2.45, 2.75) is 19.0 Å². The Morgan fingerprint density at radius 3 is 2.77 bits per heavy atom. The number of methoxy groups -OCH3 is 2. The fourth-order valence-electron chi connectivity index (χ4n) is 3.13. The number of ether oxygens (including phenoxy) is 3. The molecule has 158 valence electrons. The molecule has 0 aliphatic carbocycles. The molecule has 0 radical (unpaired) electrons. The van der Waals surface area contributed by atoms with Crippen molar-refractivity contribution in [1.29, 1.82) is 0 Å². The first-order valence-electron chi connectivity index (χ1n) is 8.85. The Bertz CT molecular complexity index is 994. The van der Waals surface area contributed by atoms with Gasteiger partial charge in [0.25, 0.3) is 11.6 Å². The molecule has 11 nitrogen and oxygen atoms in total. The molecule has 1 atom stereocenters. The van der Waals surface area contributed by atoms with Crippen LogP contribution in [0.1, 0.15) is 22.3 Å². The van der Waals surface area contributed by atoms with E-state index in [1.165, 1.54) is 19.1 Å². The normalized spacial score (nSPS) is 15.6. The third-order valence-corrected chi connectivity index (χ3v) is 4.64. The summed E-state index contributed by atoms with van der Waals surface area (Å²) >= 11 is 0. The van der Waals surface area contributed by atoms with Crippen LogP contribution in [0.25, 0.3) is 0 Å². The molecule has 1 aliphatic heterocycles. The maximum atomic E-state index is 13.3. The van der Waals surface area contributed by atoms with Gasteiger partial charge < -0.3 is 24.2 Å². The van der Waals surface area contributed by atoms with Gasteiger partial charge in [-0.2, -0.15) is 0 Å². The van der Waals surface area contributed by atoms with Crippen molar-refractivity contribution >= 4 is 17.6 Å². The zero-order chi connectivity index (χ0) is 21.8. The largest absolute Gasteiger partial charge is 0.497 e. The lowest BCUT2D eigenvalue weighted by atomic mass is 10.1. The van der Waals surface area contributed by atoms with Crippen LogP contribution in [0, 0.1) is 10.1 Å². The highest BCUT2D eigenvalue weighted by atomic mass is 16.6. The van der Waals surface area contributed by atoms with Crippen LogP contribution >= 0.6 is 0 Å². The van der Waals surface area contributed by atoms with Crippen LogP contribution < -0.4 is 14.2 Å². The number of hydrogen-bond acceptors (Lipinski definition) is 8. The highest BCUT2D eigenvalue weighted by Crippen LogP contribution is 2.31. The number of benzene rings is 1. The van der Waals surface area contributed by atoms with Crippen molar-refractivity contribution < 1.29 is 33.8 Å². The third kappa shape index (κ3) is 4.24. The summed E-state index contributed by atoms with van der Waals surface area (Å²) in [5.74, 6) is -0.826. The fourth-order valence-corrected chi connectivity index (χ4v) is 3.13. The number of hydrogen-bond donors (Lipinski definition) is 1. The second-order valence-electron chi connectivity index (χ2n) is 6.48. The maximum Gasteiger partial charge on any atom is 0.305 e. The summed E-state index contributed by atoms with van der Waals surface area (Å²) in [7, 11) is 2.97. The minimum atomic E-state index is -1.12. The number of pyridine rings is 1. The van der Waals surface area contributed by atoms with Crippen LogP contribution in [-0.2, 0) is 11.3 Å². The van der Waals surface area contributed by atoms with Crippen LogP contribution in [0.15, 0.2) is 30.5 Å². The van der Waals surface area contributed by atoms with Crippen molar-refractivity contribution in [3.05, 3.63) is 51.7 Å². The van der Waals surface area contributed by atoms with Gasteiger partial charge >= 0.3 is 5.97 Å². The molecule has 0 saturated heterocycles. The lowest BCUT2D eigenvalue weighted by Crippen LogP contribution is -2.42. The first-order valence-corrected chi connectivity index (χ1v) is 8.85. The number of carboxylic acid groups (broad SMARTS) is 1. The van der Waals surface area contributed by atoms with E-state index >= 15 is 0 Å². The van der Waals surface area contributed by atoms with E-state index in [4.69, 9.17) is 14.2 Å². The summed E-state index contributed by atoms with van der Waals surface area (Å²) in [6, 6.07) is 5.27. The molecule has 0 spiro atoms. The third-order valence-electron chi connectivity index (χ3n) is 4.64. The van der Waals surface area contributed by atoms with Crippen LogP contribution in [-0.4, -0.2) is 58.7 Å². The zero-order valence-electron chi connectivity index (χ0n) is 16.2. The Morgan fingerprint density at radius 2 is 2.13 bits per heavy atom. The van der Waals surface area contributed by atoms with Crippen molar-refractivity contribution in [3.8, 4) is 17.4 Å². The molecule has 0 unspecified atom stereocenters. The second-order valence-corrected chi connectivity index (χ2v) is 6.48. The SMILES string of the molecule is COc1ccc(CN2C(=O)c3cc([N+](=O)[O-])cnc3OC[C@@H]2CC(=O)O)c(OC)c1. The summed E-state index contributed by atoms with van der Waals surface area (Å²) in [6.07, 6.45) is 0.612. The van der Waals surface area contributed by atoms with E-state index in [1.807, 2.05) is 0 Å². The molecule has 0 saturated carbocycles. The van der Waals surface area contributed by atoms with Gasteiger partial charge in [0.2, 0.25) is 5.88 Å². The first kappa shape index (κ1) is 20.8. The van der Waals surface area contributed by atoms with Gasteiger partial charge in [-0.1, -0.05) is 0 Å². The Labute approximate surface area is 170 Å². The van der Waals surface area contributed by atoms with E-state index in [-0.39, 0.29) is 36.7 Å². The van der Waals surface area contributed by atoms with Gasteiger partial charge in [-0.05, 0) is 12.1 Å². The molecule has 11 heteroatoms. The summed E-state index contributed by atoms with van der Waals surface area (Å²) in [4.78, 5) is 40.2. The van der Waals surface area contributed by atoms with Crippen LogP contribution in [0.5, 0.6) is 17.4 Å². The molecular weight excluding hydrogens is 398 g/mol. The minimum Gasteiger partial charge on any atom is -0.497 e. The van der Waals surface area contributed by atoms with Gasteiger partial charge in [-0.15, -0.1) is 0 Å². The van der Waals surface area contributed by atoms with Crippen LogP contribution in [0.2, 0.25) is 0 Å². The predicted octanol–water partition coefficient (Wildman–Crippen LogP) is 1.89. The summed E-state index contributed by atoms with van der Waals surface area (Å²) < 4.78 is 16.1. The van der Waals surface area contributed by atoms with Gasteiger partial charge in [-0.25, -0.2) is 4.98 Å². The average Bonchev–Trinajstić information content (AvgIpc) is 2.85. The van der Waals surface area contributed by atoms with Gasteiger partial charge in [0.05, 0.1) is 38.2 Å². The van der Waals surface area contributed by atoms with Gasteiger partial charge in [0.15, 0.2) is 0 Å². The molecule has 1 aliphatic rings. The van der Waals surface area contributed by atoms with Crippen molar-refractivity contribution in [2.75, 3.05) is 20.8 Å². The predicted molar refractivity (Wildman–Crippen MR) is 102 cm³/mol. The summed E-state index contributed by atoms with van der Waals surface area (Å²) in [5.41, 5.74) is 0.123. The van der Waals surface area contributed by atoms with Crippen molar-refractivity contribution in [2.24, 2.45) is 0 Å². The second kappa shape index (κ2) is 8.64. The maximum absolute atomic E-state index is 13.3. The Morgan fingerprint density at radius 1 is 1.37 bits per heavy atom. The van der Waals surface area contributed by atoms with Gasteiger partial charge in [0.1, 0.15) is 29.9 Å². The van der Waals surface area contributed by atoms with Gasteiger partial charge in [-0.3, -0.25) is 19.7 Å². The number of fused-ring (bicyclic) bond motifs is 1. The molecule has 1 aromatic heterocycles. The van der Waals surface area contributed by atoms with E-state index in [9.17, 15) is 24.8 Å². The first-order chi connectivity index (χ1) is 14.3. The quantitative estimate of drug-likeness (QED) is 0.528. The number of nitro groups is 1. The lowest BCUT2D eigenvalue weighted by molar-refractivity contribution is -0.385. The molecule has 1 aromatic carbocycles. The molecular formula is C19H19N3O8. The zero-order valence-corrected chi connectivity index (χ0v) is 16.2. The van der Waals surface area contributed by atoms with Crippen molar-refractivity contribution in [1.82, 2.24) is 9.88 Å². The Kier molecular flexibility index (Phi) is 6.00. The van der Waals surface area contributed by atoms with E-state index in [2.05, 4.69) is 4.98 Å². The van der Waals surface area contributed by atoms with Crippen LogP contribution in [0.3, 0.4) is 0 Å². The van der Waals surface area contributed by atoms with E-state index < -0.39 is 22.8 Å². The van der Waals surface area contributed by atoms with E-state index in [0.29, 0.717) is 17.1 Å². The summed E-state index contributed by atoms with van der Waals surface area (Å²) in [6.45, 7) is -0.135. The van der Waals surface area contributed by atoms with Crippen LogP contribution in [0.4, 0.5) is 5.69 Å². The van der Waals surface area contributed by atoms with E-state index in [1.54, 1.807) is 18.2 Å². The number of amides is 1. The molecule has 1 N–H and O–H groups in total.